The molecule has 0 spiro atoms. The molecule has 98 valence electrons. The van der Waals surface area contributed by atoms with Gasteiger partial charge in [0.15, 0.2) is 0 Å². The zero-order valence-corrected chi connectivity index (χ0v) is 11.9. The summed E-state index contributed by atoms with van der Waals surface area (Å²) < 4.78 is 1.01. The van der Waals surface area contributed by atoms with Crippen LogP contribution >= 0.6 is 15.9 Å². The fraction of sp³-hybridized carbons (Fsp3) is 0.133. The van der Waals surface area contributed by atoms with Crippen molar-refractivity contribution in [1.29, 1.82) is 0 Å². The summed E-state index contributed by atoms with van der Waals surface area (Å²) in [5, 5.41) is 12.4. The summed E-state index contributed by atoms with van der Waals surface area (Å²) in [4.78, 5) is 11.8. The Hall–Kier alpha value is -1.81. The van der Waals surface area contributed by atoms with Gasteiger partial charge in [0.25, 0.3) is 0 Å². The van der Waals surface area contributed by atoms with E-state index in [-0.39, 0.29) is 18.1 Å². The summed E-state index contributed by atoms with van der Waals surface area (Å²) in [5.41, 5.74) is 1.67. The molecule has 1 amide bonds. The Labute approximate surface area is 120 Å². The Bertz CT molecular complexity index is 567. The Morgan fingerprint density at radius 2 is 1.79 bits per heavy atom. The van der Waals surface area contributed by atoms with Crippen LogP contribution in [0.25, 0.3) is 0 Å². The molecule has 0 aliphatic heterocycles. The zero-order valence-electron chi connectivity index (χ0n) is 10.3. The van der Waals surface area contributed by atoms with Crippen LogP contribution in [0.5, 0.6) is 5.75 Å². The van der Waals surface area contributed by atoms with Crippen molar-refractivity contribution in [3.05, 3.63) is 64.1 Å². The predicted octanol–water partition coefficient (Wildman–Crippen LogP) is 3.01. The number of halogens is 1. The lowest BCUT2D eigenvalue weighted by Crippen LogP contribution is -2.24. The van der Waals surface area contributed by atoms with Crippen LogP contribution in [0.15, 0.2) is 53.0 Å². The van der Waals surface area contributed by atoms with Crippen molar-refractivity contribution in [2.75, 3.05) is 0 Å². The van der Waals surface area contributed by atoms with Gasteiger partial charge in [-0.2, -0.15) is 0 Å². The van der Waals surface area contributed by atoms with E-state index < -0.39 is 0 Å². The number of carbonyl (C=O) groups excluding carboxylic acids is 1. The highest BCUT2D eigenvalue weighted by molar-refractivity contribution is 9.10. The lowest BCUT2D eigenvalue weighted by atomic mass is 10.1. The van der Waals surface area contributed by atoms with Crippen molar-refractivity contribution < 1.29 is 9.90 Å². The molecular weight excluding hydrogens is 306 g/mol. The van der Waals surface area contributed by atoms with Gasteiger partial charge in [0.1, 0.15) is 5.75 Å². The summed E-state index contributed by atoms with van der Waals surface area (Å²) in [5.74, 6) is 0.0470. The SMILES string of the molecule is O=C(Cc1ccccc1O)NCc1ccc(Br)cc1. The monoisotopic (exact) mass is 319 g/mol. The first kappa shape index (κ1) is 13.6. The second-order valence-corrected chi connectivity index (χ2v) is 5.12. The molecule has 0 bridgehead atoms. The topological polar surface area (TPSA) is 49.3 Å². The molecule has 2 N–H and O–H groups in total. The minimum absolute atomic E-state index is 0.107. The minimum atomic E-state index is -0.107. The van der Waals surface area contributed by atoms with E-state index in [1.165, 1.54) is 0 Å². The largest absolute Gasteiger partial charge is 0.508 e. The number of hydrogen-bond donors (Lipinski definition) is 2. The van der Waals surface area contributed by atoms with E-state index in [4.69, 9.17) is 0 Å². The van der Waals surface area contributed by atoms with Gasteiger partial charge in [-0.1, -0.05) is 46.3 Å². The van der Waals surface area contributed by atoms with Crippen LogP contribution in [0.3, 0.4) is 0 Å². The zero-order chi connectivity index (χ0) is 13.7. The van der Waals surface area contributed by atoms with Crippen molar-refractivity contribution >= 4 is 21.8 Å². The molecular formula is C15H14BrNO2. The molecule has 0 fully saturated rings. The summed E-state index contributed by atoms with van der Waals surface area (Å²) in [7, 11) is 0. The number of aromatic hydroxyl groups is 1. The summed E-state index contributed by atoms with van der Waals surface area (Å²) in [6.07, 6.45) is 0.184. The Morgan fingerprint density at radius 3 is 2.47 bits per heavy atom. The van der Waals surface area contributed by atoms with E-state index in [1.807, 2.05) is 24.3 Å². The second kappa shape index (κ2) is 6.38. The van der Waals surface area contributed by atoms with Gasteiger partial charge >= 0.3 is 0 Å². The first-order chi connectivity index (χ1) is 9.15. The highest BCUT2D eigenvalue weighted by atomic mass is 79.9. The van der Waals surface area contributed by atoms with Gasteiger partial charge < -0.3 is 10.4 Å². The fourth-order valence-corrected chi connectivity index (χ4v) is 1.96. The molecule has 2 rings (SSSR count). The number of phenols is 1. The molecule has 0 unspecified atom stereocenters. The van der Waals surface area contributed by atoms with Gasteiger partial charge in [-0.05, 0) is 23.8 Å². The molecule has 0 aromatic heterocycles. The third kappa shape index (κ3) is 4.10. The van der Waals surface area contributed by atoms with E-state index in [0.717, 1.165) is 10.0 Å². The van der Waals surface area contributed by atoms with E-state index in [1.54, 1.807) is 24.3 Å². The number of para-hydroxylation sites is 1. The van der Waals surface area contributed by atoms with E-state index in [2.05, 4.69) is 21.2 Å². The molecule has 0 radical (unpaired) electrons. The molecule has 2 aromatic carbocycles. The second-order valence-electron chi connectivity index (χ2n) is 4.21. The number of phenolic OH excluding ortho intramolecular Hbond substituents is 1. The molecule has 0 atom stereocenters. The van der Waals surface area contributed by atoms with Crippen molar-refractivity contribution in [2.24, 2.45) is 0 Å². The Morgan fingerprint density at radius 1 is 1.11 bits per heavy atom. The van der Waals surface area contributed by atoms with Gasteiger partial charge in [-0.15, -0.1) is 0 Å². The average Bonchev–Trinajstić information content (AvgIpc) is 2.41. The fourth-order valence-electron chi connectivity index (χ4n) is 1.70. The molecule has 19 heavy (non-hydrogen) atoms. The van der Waals surface area contributed by atoms with Crippen LogP contribution in [-0.2, 0) is 17.8 Å². The number of carbonyl (C=O) groups is 1. The Kier molecular flexibility index (Phi) is 4.58. The maximum absolute atomic E-state index is 11.8. The molecule has 0 aliphatic rings. The first-order valence-corrected chi connectivity index (χ1v) is 6.72. The summed E-state index contributed by atoms with van der Waals surface area (Å²) in [6.45, 7) is 0.486. The van der Waals surface area contributed by atoms with Crippen molar-refractivity contribution in [3.63, 3.8) is 0 Å². The highest BCUT2D eigenvalue weighted by Crippen LogP contribution is 2.16. The molecule has 0 saturated heterocycles. The van der Waals surface area contributed by atoms with Gasteiger partial charge in [-0.25, -0.2) is 0 Å². The van der Waals surface area contributed by atoms with Crippen molar-refractivity contribution in [3.8, 4) is 5.75 Å². The summed E-state index contributed by atoms with van der Waals surface area (Å²) in [6, 6.07) is 14.6. The number of amides is 1. The predicted molar refractivity (Wildman–Crippen MR) is 77.8 cm³/mol. The lowest BCUT2D eigenvalue weighted by molar-refractivity contribution is -0.120. The standard InChI is InChI=1S/C15H14BrNO2/c16-13-7-5-11(6-8-13)10-17-15(19)9-12-3-1-2-4-14(12)18/h1-8,18H,9-10H2,(H,17,19). The third-order valence-electron chi connectivity index (χ3n) is 2.75. The average molecular weight is 320 g/mol. The van der Waals surface area contributed by atoms with E-state index in [0.29, 0.717) is 12.1 Å². The number of hydrogen-bond acceptors (Lipinski definition) is 2. The maximum atomic E-state index is 11.8. The first-order valence-electron chi connectivity index (χ1n) is 5.93. The van der Waals surface area contributed by atoms with Crippen LogP contribution < -0.4 is 5.32 Å². The van der Waals surface area contributed by atoms with Crippen LogP contribution in [0.2, 0.25) is 0 Å². The van der Waals surface area contributed by atoms with Gasteiger partial charge in [0.2, 0.25) is 5.91 Å². The van der Waals surface area contributed by atoms with Gasteiger partial charge in [-0.3, -0.25) is 4.79 Å². The normalized spacial score (nSPS) is 10.2. The molecule has 0 saturated carbocycles. The maximum Gasteiger partial charge on any atom is 0.224 e. The lowest BCUT2D eigenvalue weighted by Gasteiger charge is -2.07. The van der Waals surface area contributed by atoms with E-state index >= 15 is 0 Å². The van der Waals surface area contributed by atoms with Crippen molar-refractivity contribution in [1.82, 2.24) is 5.32 Å². The molecule has 0 aliphatic carbocycles. The van der Waals surface area contributed by atoms with Crippen molar-refractivity contribution in [2.45, 2.75) is 13.0 Å². The van der Waals surface area contributed by atoms with Crippen LogP contribution in [0, 0.1) is 0 Å². The molecule has 0 heterocycles. The van der Waals surface area contributed by atoms with Gasteiger partial charge in [0, 0.05) is 16.6 Å². The molecule has 3 nitrogen and oxygen atoms in total. The third-order valence-corrected chi connectivity index (χ3v) is 3.27. The molecule has 2 aromatic rings. The number of benzene rings is 2. The quantitative estimate of drug-likeness (QED) is 0.910. The summed E-state index contributed by atoms with van der Waals surface area (Å²) >= 11 is 3.36. The minimum Gasteiger partial charge on any atom is -0.508 e. The number of nitrogens with one attached hydrogen (secondary N) is 1. The smallest absolute Gasteiger partial charge is 0.224 e. The molecule has 4 heteroatoms. The van der Waals surface area contributed by atoms with E-state index in [9.17, 15) is 9.90 Å². The highest BCUT2D eigenvalue weighted by Gasteiger charge is 2.06. The van der Waals surface area contributed by atoms with Crippen LogP contribution in [-0.4, -0.2) is 11.0 Å². The Balaban J connectivity index is 1.88. The van der Waals surface area contributed by atoms with Gasteiger partial charge in [0.05, 0.1) is 6.42 Å². The number of rotatable bonds is 4. The van der Waals surface area contributed by atoms with Crippen LogP contribution in [0.1, 0.15) is 11.1 Å². The van der Waals surface area contributed by atoms with Crippen LogP contribution in [0.4, 0.5) is 0 Å².